The largest absolute Gasteiger partial charge is 0.494 e. The van der Waals surface area contributed by atoms with E-state index in [-0.39, 0.29) is 11.7 Å². The number of nitriles is 1. The Balaban J connectivity index is 1.29. The standard InChI is InChI=1S/C29H40FN3O/c1-25(2)29(24-31,26-10-5-3-6-11-26)16-9-18-33-21-19-32(20-22-33)17-7-4-8-23-34-28-14-12-27(30)13-15-28/h3,5-6,10-15,25H,4,7-9,16-23H2,1-2H3. The minimum Gasteiger partial charge on any atom is -0.494 e. The average molecular weight is 466 g/mol. The number of hydrogen-bond acceptors (Lipinski definition) is 4. The van der Waals surface area contributed by atoms with Gasteiger partial charge in [0.25, 0.3) is 0 Å². The molecule has 5 heteroatoms. The third-order valence-corrected chi connectivity index (χ3v) is 7.19. The van der Waals surface area contributed by atoms with Gasteiger partial charge in [-0.3, -0.25) is 0 Å². The SMILES string of the molecule is CC(C)C(C#N)(CCCN1CCN(CCCCCOc2ccc(F)cc2)CC1)c1ccccc1. The van der Waals surface area contributed by atoms with Crippen LogP contribution in [0.1, 0.15) is 51.5 Å². The highest BCUT2D eigenvalue weighted by Crippen LogP contribution is 2.36. The van der Waals surface area contributed by atoms with Gasteiger partial charge in [-0.2, -0.15) is 5.26 Å². The monoisotopic (exact) mass is 465 g/mol. The molecular weight excluding hydrogens is 425 g/mol. The average Bonchev–Trinajstić information content (AvgIpc) is 2.86. The lowest BCUT2D eigenvalue weighted by Gasteiger charge is -2.36. The molecule has 2 aromatic rings. The summed E-state index contributed by atoms with van der Waals surface area (Å²) in [5, 5.41) is 10.1. The maximum atomic E-state index is 12.9. The second-order valence-electron chi connectivity index (χ2n) is 9.75. The van der Waals surface area contributed by atoms with E-state index in [1.165, 1.54) is 18.6 Å². The highest BCUT2D eigenvalue weighted by atomic mass is 19.1. The van der Waals surface area contributed by atoms with Crippen molar-refractivity contribution in [2.45, 2.75) is 51.4 Å². The lowest BCUT2D eigenvalue weighted by atomic mass is 9.70. The maximum Gasteiger partial charge on any atom is 0.123 e. The fraction of sp³-hybridized carbons (Fsp3) is 0.552. The molecule has 1 fully saturated rings. The van der Waals surface area contributed by atoms with Crippen molar-refractivity contribution in [3.8, 4) is 11.8 Å². The minimum absolute atomic E-state index is 0.231. The van der Waals surface area contributed by atoms with Crippen LogP contribution in [0.15, 0.2) is 54.6 Å². The van der Waals surface area contributed by atoms with Crippen molar-refractivity contribution in [1.82, 2.24) is 9.80 Å². The van der Waals surface area contributed by atoms with E-state index >= 15 is 0 Å². The summed E-state index contributed by atoms with van der Waals surface area (Å²) in [7, 11) is 0. The number of hydrogen-bond donors (Lipinski definition) is 0. The van der Waals surface area contributed by atoms with Crippen LogP contribution in [0.5, 0.6) is 5.75 Å². The number of nitrogens with zero attached hydrogens (tertiary/aromatic N) is 3. The first kappa shape index (κ1) is 26.2. The van der Waals surface area contributed by atoms with Crippen molar-refractivity contribution in [3.05, 3.63) is 66.0 Å². The number of benzene rings is 2. The second kappa shape index (κ2) is 13.5. The van der Waals surface area contributed by atoms with Gasteiger partial charge in [0.15, 0.2) is 0 Å². The van der Waals surface area contributed by atoms with Crippen molar-refractivity contribution in [3.63, 3.8) is 0 Å². The summed E-state index contributed by atoms with van der Waals surface area (Å²) in [6.45, 7) is 11.7. The zero-order valence-corrected chi connectivity index (χ0v) is 20.9. The van der Waals surface area contributed by atoms with Gasteiger partial charge in [-0.1, -0.05) is 44.2 Å². The summed E-state index contributed by atoms with van der Waals surface area (Å²) in [6.07, 6.45) is 5.31. The zero-order valence-electron chi connectivity index (χ0n) is 20.9. The van der Waals surface area contributed by atoms with Crippen LogP contribution in [0.25, 0.3) is 0 Å². The predicted octanol–water partition coefficient (Wildman–Crippen LogP) is 5.89. The topological polar surface area (TPSA) is 39.5 Å². The van der Waals surface area contributed by atoms with Crippen LogP contribution >= 0.6 is 0 Å². The summed E-state index contributed by atoms with van der Waals surface area (Å²) in [5.41, 5.74) is 0.754. The Bertz CT molecular complexity index is 872. The van der Waals surface area contributed by atoms with Gasteiger partial charge in [0.1, 0.15) is 11.6 Å². The number of piperazine rings is 1. The lowest BCUT2D eigenvalue weighted by Crippen LogP contribution is -2.47. The first-order valence-electron chi connectivity index (χ1n) is 12.8. The van der Waals surface area contributed by atoms with E-state index in [4.69, 9.17) is 4.74 Å². The summed E-state index contributed by atoms with van der Waals surface area (Å²) in [5.74, 6) is 0.796. The van der Waals surface area contributed by atoms with Crippen molar-refractivity contribution in [1.29, 1.82) is 5.26 Å². The molecule has 1 heterocycles. The summed E-state index contributed by atoms with van der Waals surface area (Å²) in [6, 6.07) is 19.2. The third kappa shape index (κ3) is 7.55. The van der Waals surface area contributed by atoms with Crippen molar-refractivity contribution >= 4 is 0 Å². The molecule has 184 valence electrons. The van der Waals surface area contributed by atoms with E-state index in [1.54, 1.807) is 12.1 Å². The molecule has 0 radical (unpaired) electrons. The van der Waals surface area contributed by atoms with Crippen LogP contribution in [0.4, 0.5) is 4.39 Å². The van der Waals surface area contributed by atoms with Crippen LogP contribution in [-0.2, 0) is 5.41 Å². The minimum atomic E-state index is -0.399. The third-order valence-electron chi connectivity index (χ3n) is 7.19. The Morgan fingerprint density at radius 2 is 1.50 bits per heavy atom. The predicted molar refractivity (Wildman–Crippen MR) is 136 cm³/mol. The first-order valence-corrected chi connectivity index (χ1v) is 12.8. The molecule has 0 saturated carbocycles. The molecule has 0 aromatic heterocycles. The normalized spacial score (nSPS) is 16.8. The molecule has 0 aliphatic carbocycles. The van der Waals surface area contributed by atoms with Crippen LogP contribution in [0.2, 0.25) is 0 Å². The molecule has 0 bridgehead atoms. The maximum absolute atomic E-state index is 12.9. The number of halogens is 1. The van der Waals surface area contributed by atoms with E-state index in [2.05, 4.69) is 41.8 Å². The Morgan fingerprint density at radius 3 is 2.09 bits per heavy atom. The molecule has 1 atom stereocenters. The Hall–Kier alpha value is -2.42. The first-order chi connectivity index (χ1) is 16.5. The Kier molecular flexibility index (Phi) is 10.4. The highest BCUT2D eigenvalue weighted by molar-refractivity contribution is 5.33. The summed E-state index contributed by atoms with van der Waals surface area (Å²) >= 11 is 0. The summed E-state index contributed by atoms with van der Waals surface area (Å²) < 4.78 is 18.6. The molecule has 3 rings (SSSR count). The fourth-order valence-electron chi connectivity index (χ4n) is 4.90. The van der Waals surface area contributed by atoms with Crippen LogP contribution in [-0.4, -0.2) is 55.7 Å². The van der Waals surface area contributed by atoms with E-state index in [1.807, 2.05) is 18.2 Å². The van der Waals surface area contributed by atoms with E-state index in [0.717, 1.165) is 76.3 Å². The Labute approximate surface area is 205 Å². The van der Waals surface area contributed by atoms with E-state index in [0.29, 0.717) is 6.61 Å². The highest BCUT2D eigenvalue weighted by Gasteiger charge is 2.35. The summed E-state index contributed by atoms with van der Waals surface area (Å²) in [4.78, 5) is 5.12. The molecule has 2 aromatic carbocycles. The molecule has 0 amide bonds. The van der Waals surface area contributed by atoms with Crippen molar-refractivity contribution in [2.75, 3.05) is 45.9 Å². The van der Waals surface area contributed by atoms with Crippen molar-refractivity contribution < 1.29 is 9.13 Å². The van der Waals surface area contributed by atoms with Gasteiger partial charge >= 0.3 is 0 Å². The van der Waals surface area contributed by atoms with Gasteiger partial charge in [0, 0.05) is 26.2 Å². The van der Waals surface area contributed by atoms with Crippen molar-refractivity contribution in [2.24, 2.45) is 5.92 Å². The molecule has 0 N–H and O–H groups in total. The molecule has 1 aliphatic heterocycles. The zero-order chi connectivity index (χ0) is 24.2. The van der Waals surface area contributed by atoms with Gasteiger partial charge in [-0.05, 0) is 80.9 Å². The fourth-order valence-corrected chi connectivity index (χ4v) is 4.90. The van der Waals surface area contributed by atoms with Crippen LogP contribution in [0, 0.1) is 23.1 Å². The number of ether oxygens (including phenoxy) is 1. The van der Waals surface area contributed by atoms with E-state index < -0.39 is 5.41 Å². The van der Waals surface area contributed by atoms with Gasteiger partial charge in [-0.25, -0.2) is 4.39 Å². The Morgan fingerprint density at radius 1 is 0.882 bits per heavy atom. The molecule has 4 nitrogen and oxygen atoms in total. The van der Waals surface area contributed by atoms with Gasteiger partial charge < -0.3 is 14.5 Å². The van der Waals surface area contributed by atoms with Gasteiger partial charge in [-0.15, -0.1) is 0 Å². The van der Waals surface area contributed by atoms with E-state index in [9.17, 15) is 9.65 Å². The molecule has 1 saturated heterocycles. The molecule has 0 spiro atoms. The molecular formula is C29H40FN3O. The smallest absolute Gasteiger partial charge is 0.123 e. The lowest BCUT2D eigenvalue weighted by molar-refractivity contribution is 0.126. The number of unbranched alkanes of at least 4 members (excludes halogenated alkanes) is 2. The molecule has 1 unspecified atom stereocenters. The quantitative estimate of drug-likeness (QED) is 0.346. The van der Waals surface area contributed by atoms with Gasteiger partial charge in [0.05, 0.1) is 18.1 Å². The van der Waals surface area contributed by atoms with Crippen LogP contribution < -0.4 is 4.74 Å². The molecule has 1 aliphatic rings. The second-order valence-corrected chi connectivity index (χ2v) is 9.75. The van der Waals surface area contributed by atoms with Gasteiger partial charge in [0.2, 0.25) is 0 Å². The van der Waals surface area contributed by atoms with Crippen LogP contribution in [0.3, 0.4) is 0 Å². The molecule has 34 heavy (non-hydrogen) atoms. The number of rotatable bonds is 13.